The van der Waals surface area contributed by atoms with E-state index in [0.29, 0.717) is 6.42 Å². The number of hydrogen-bond donors (Lipinski definition) is 1. The molecule has 3 aromatic carbocycles. The minimum atomic E-state index is 0.132. The van der Waals surface area contributed by atoms with Crippen molar-refractivity contribution in [1.29, 1.82) is 0 Å². The van der Waals surface area contributed by atoms with Crippen molar-refractivity contribution in [3.8, 4) is 16.9 Å². The van der Waals surface area contributed by atoms with Gasteiger partial charge in [0.25, 0.3) is 0 Å². The second-order valence-corrected chi connectivity index (χ2v) is 6.05. The molecule has 2 nitrogen and oxygen atoms in total. The minimum Gasteiger partial charge on any atom is -0.497 e. The molecule has 3 aromatic rings. The summed E-state index contributed by atoms with van der Waals surface area (Å²) >= 11 is 6.01. The first-order valence-electron chi connectivity index (χ1n) is 7.61. The molecule has 0 bridgehead atoms. The number of benzene rings is 3. The van der Waals surface area contributed by atoms with Gasteiger partial charge < -0.3 is 9.84 Å². The molecule has 0 unspecified atom stereocenters. The summed E-state index contributed by atoms with van der Waals surface area (Å²) in [6.07, 6.45) is 0.635. The van der Waals surface area contributed by atoms with Crippen LogP contribution in [-0.2, 0) is 6.42 Å². The molecule has 3 heteroatoms. The minimum absolute atomic E-state index is 0.132. The summed E-state index contributed by atoms with van der Waals surface area (Å²) in [5.74, 6) is 0.823. The Morgan fingerprint density at radius 1 is 1.00 bits per heavy atom. The molecular formula is C20H19ClO2. The van der Waals surface area contributed by atoms with Crippen molar-refractivity contribution >= 4 is 22.4 Å². The number of halogens is 1. The van der Waals surface area contributed by atoms with Gasteiger partial charge in [0, 0.05) is 11.6 Å². The van der Waals surface area contributed by atoms with E-state index in [9.17, 15) is 5.11 Å². The van der Waals surface area contributed by atoms with E-state index in [0.717, 1.165) is 27.1 Å². The first-order valence-corrected chi connectivity index (χ1v) is 7.99. The van der Waals surface area contributed by atoms with Crippen LogP contribution in [0.15, 0.2) is 48.5 Å². The lowest BCUT2D eigenvalue weighted by atomic mass is 9.90. The molecule has 0 heterocycles. The Hall–Kier alpha value is -2.03. The molecule has 0 spiro atoms. The number of aliphatic hydroxyl groups excluding tert-OH is 1. The molecule has 0 saturated heterocycles. The van der Waals surface area contributed by atoms with E-state index in [1.165, 1.54) is 16.7 Å². The SMILES string of the molecule is COc1ccc2c(-c3ccc(Cl)cc3)cc(C)c(CCO)c2c1. The van der Waals surface area contributed by atoms with Gasteiger partial charge in [0.15, 0.2) is 0 Å². The van der Waals surface area contributed by atoms with Crippen LogP contribution in [0.3, 0.4) is 0 Å². The summed E-state index contributed by atoms with van der Waals surface area (Å²) in [5, 5.41) is 12.4. The average molecular weight is 327 g/mol. The van der Waals surface area contributed by atoms with Crippen LogP contribution in [0, 0.1) is 6.92 Å². The summed E-state index contributed by atoms with van der Waals surface area (Å²) in [4.78, 5) is 0. The van der Waals surface area contributed by atoms with Gasteiger partial charge in [-0.15, -0.1) is 0 Å². The smallest absolute Gasteiger partial charge is 0.119 e. The lowest BCUT2D eigenvalue weighted by Crippen LogP contribution is -1.98. The lowest BCUT2D eigenvalue weighted by molar-refractivity contribution is 0.300. The molecule has 0 amide bonds. The zero-order valence-corrected chi connectivity index (χ0v) is 14.0. The second kappa shape index (κ2) is 6.61. The predicted octanol–water partition coefficient (Wildman–Crippen LogP) is 5.01. The molecule has 0 atom stereocenters. The van der Waals surface area contributed by atoms with Crippen molar-refractivity contribution in [3.63, 3.8) is 0 Å². The van der Waals surface area contributed by atoms with E-state index in [1.807, 2.05) is 36.4 Å². The predicted molar refractivity (Wildman–Crippen MR) is 96.5 cm³/mol. The van der Waals surface area contributed by atoms with Crippen molar-refractivity contribution in [2.45, 2.75) is 13.3 Å². The average Bonchev–Trinajstić information content (AvgIpc) is 2.57. The number of aryl methyl sites for hydroxylation is 1. The van der Waals surface area contributed by atoms with Crippen molar-refractivity contribution in [3.05, 3.63) is 64.7 Å². The van der Waals surface area contributed by atoms with Crippen LogP contribution in [0.25, 0.3) is 21.9 Å². The van der Waals surface area contributed by atoms with Gasteiger partial charge in [-0.1, -0.05) is 35.9 Å². The number of hydrogen-bond acceptors (Lipinski definition) is 2. The van der Waals surface area contributed by atoms with E-state index < -0.39 is 0 Å². The Balaban J connectivity index is 2.31. The van der Waals surface area contributed by atoms with Crippen LogP contribution >= 0.6 is 11.6 Å². The van der Waals surface area contributed by atoms with Gasteiger partial charge in [-0.2, -0.15) is 0 Å². The molecule has 0 radical (unpaired) electrons. The number of fused-ring (bicyclic) bond motifs is 1. The molecule has 0 saturated carbocycles. The molecule has 1 N–H and O–H groups in total. The number of ether oxygens (including phenoxy) is 1. The van der Waals surface area contributed by atoms with Gasteiger partial charge in [0.05, 0.1) is 7.11 Å². The summed E-state index contributed by atoms with van der Waals surface area (Å²) in [7, 11) is 1.67. The van der Waals surface area contributed by atoms with Crippen LogP contribution in [0.1, 0.15) is 11.1 Å². The van der Waals surface area contributed by atoms with Crippen molar-refractivity contribution < 1.29 is 9.84 Å². The molecule has 118 valence electrons. The maximum atomic E-state index is 9.40. The van der Waals surface area contributed by atoms with E-state index >= 15 is 0 Å². The van der Waals surface area contributed by atoms with Crippen LogP contribution in [0.4, 0.5) is 0 Å². The van der Waals surface area contributed by atoms with E-state index in [4.69, 9.17) is 16.3 Å². The molecular weight excluding hydrogens is 308 g/mol. The van der Waals surface area contributed by atoms with Gasteiger partial charge in [-0.05, 0) is 70.6 Å². The van der Waals surface area contributed by atoms with Gasteiger partial charge in [0.2, 0.25) is 0 Å². The van der Waals surface area contributed by atoms with Gasteiger partial charge in [-0.25, -0.2) is 0 Å². The van der Waals surface area contributed by atoms with Crippen molar-refractivity contribution in [2.75, 3.05) is 13.7 Å². The fourth-order valence-corrected chi connectivity index (χ4v) is 3.17. The zero-order valence-electron chi connectivity index (χ0n) is 13.3. The van der Waals surface area contributed by atoms with E-state index in [-0.39, 0.29) is 6.61 Å². The molecule has 23 heavy (non-hydrogen) atoms. The van der Waals surface area contributed by atoms with Gasteiger partial charge in [-0.3, -0.25) is 0 Å². The highest BCUT2D eigenvalue weighted by Crippen LogP contribution is 2.35. The Kier molecular flexibility index (Phi) is 4.56. The van der Waals surface area contributed by atoms with Gasteiger partial charge in [0.1, 0.15) is 5.75 Å². The summed E-state index contributed by atoms with van der Waals surface area (Å²) < 4.78 is 5.38. The first kappa shape index (κ1) is 15.9. The van der Waals surface area contributed by atoms with Crippen LogP contribution < -0.4 is 4.74 Å². The number of rotatable bonds is 4. The largest absolute Gasteiger partial charge is 0.497 e. The van der Waals surface area contributed by atoms with Crippen LogP contribution in [0.2, 0.25) is 5.02 Å². The third-order valence-electron chi connectivity index (χ3n) is 4.20. The second-order valence-electron chi connectivity index (χ2n) is 5.61. The Bertz CT molecular complexity index is 838. The molecule has 0 aliphatic carbocycles. The Labute approximate surface area is 141 Å². The summed E-state index contributed by atoms with van der Waals surface area (Å²) in [5.41, 5.74) is 4.63. The highest BCUT2D eigenvalue weighted by atomic mass is 35.5. The van der Waals surface area contributed by atoms with E-state index in [2.05, 4.69) is 19.1 Å². The summed E-state index contributed by atoms with van der Waals surface area (Å²) in [6.45, 7) is 2.22. The van der Waals surface area contributed by atoms with Crippen LogP contribution in [0.5, 0.6) is 5.75 Å². The maximum absolute atomic E-state index is 9.40. The monoisotopic (exact) mass is 326 g/mol. The molecule has 0 aromatic heterocycles. The van der Waals surface area contributed by atoms with Crippen molar-refractivity contribution in [1.82, 2.24) is 0 Å². The highest BCUT2D eigenvalue weighted by Gasteiger charge is 2.12. The molecule has 0 fully saturated rings. The normalized spacial score (nSPS) is 11.0. The molecule has 0 aliphatic rings. The third kappa shape index (κ3) is 3.05. The lowest BCUT2D eigenvalue weighted by Gasteiger charge is -2.15. The number of methoxy groups -OCH3 is 1. The van der Waals surface area contributed by atoms with E-state index in [1.54, 1.807) is 7.11 Å². The van der Waals surface area contributed by atoms with Crippen molar-refractivity contribution in [2.24, 2.45) is 0 Å². The Morgan fingerprint density at radius 3 is 2.39 bits per heavy atom. The quantitative estimate of drug-likeness (QED) is 0.730. The first-order chi connectivity index (χ1) is 11.1. The third-order valence-corrected chi connectivity index (χ3v) is 4.45. The fraction of sp³-hybridized carbons (Fsp3) is 0.200. The molecule has 3 rings (SSSR count). The van der Waals surface area contributed by atoms with Crippen LogP contribution in [-0.4, -0.2) is 18.8 Å². The topological polar surface area (TPSA) is 29.5 Å². The zero-order chi connectivity index (χ0) is 16.4. The Morgan fingerprint density at radius 2 is 1.74 bits per heavy atom. The summed E-state index contributed by atoms with van der Waals surface area (Å²) in [6, 6.07) is 16.2. The number of aliphatic hydroxyl groups is 1. The maximum Gasteiger partial charge on any atom is 0.119 e. The molecule has 0 aliphatic heterocycles. The fourth-order valence-electron chi connectivity index (χ4n) is 3.04. The standard InChI is InChI=1S/C20H19ClO2/c1-13-11-19(14-3-5-15(21)6-4-14)18-8-7-16(23-2)12-20(18)17(13)9-10-22/h3-8,11-12,22H,9-10H2,1-2H3. The highest BCUT2D eigenvalue weighted by molar-refractivity contribution is 6.30. The van der Waals surface area contributed by atoms with Gasteiger partial charge >= 0.3 is 0 Å².